The minimum Gasteiger partial charge on any atom is -0.493 e. The predicted molar refractivity (Wildman–Crippen MR) is 140 cm³/mol. The zero-order valence-corrected chi connectivity index (χ0v) is 21.2. The van der Waals surface area contributed by atoms with Crippen LogP contribution in [0.1, 0.15) is 42.3 Å². The standard InChI is InChI=1S/C24H25N7O3.C2H4O2/c1-3-34-20-14-17(9-10-19(20)33-2)18(13-15-5-7-16(8-6-15)21(25)26)22-29-24(32)31(30-22)23-27-11-4-12-28-23;1-2(3)4/h4-12,14,18H,3,13H2,1-2H3,(H3,25,26)(H,29,30,32);1H3,(H,3,4). The van der Waals surface area contributed by atoms with E-state index in [1.165, 1.54) is 0 Å². The van der Waals surface area contributed by atoms with E-state index in [-0.39, 0.29) is 17.7 Å². The fourth-order valence-corrected chi connectivity index (χ4v) is 3.64. The minimum atomic E-state index is -0.833. The van der Waals surface area contributed by atoms with Gasteiger partial charge in [0.15, 0.2) is 11.5 Å². The molecule has 0 fully saturated rings. The van der Waals surface area contributed by atoms with E-state index in [1.807, 2.05) is 37.3 Å². The van der Waals surface area contributed by atoms with Gasteiger partial charge in [0, 0.05) is 30.8 Å². The molecule has 0 radical (unpaired) electrons. The van der Waals surface area contributed by atoms with E-state index in [2.05, 4.69) is 20.1 Å². The first-order valence-electron chi connectivity index (χ1n) is 11.6. The summed E-state index contributed by atoms with van der Waals surface area (Å²) in [5, 5.41) is 19.5. The van der Waals surface area contributed by atoms with Crippen molar-refractivity contribution < 1.29 is 19.4 Å². The van der Waals surface area contributed by atoms with Gasteiger partial charge in [0.25, 0.3) is 11.9 Å². The van der Waals surface area contributed by atoms with Crippen molar-refractivity contribution in [1.29, 1.82) is 5.41 Å². The number of hydrogen-bond donors (Lipinski definition) is 4. The Bertz CT molecular complexity index is 1430. The van der Waals surface area contributed by atoms with Gasteiger partial charge >= 0.3 is 5.69 Å². The van der Waals surface area contributed by atoms with Crippen molar-refractivity contribution in [2.45, 2.75) is 26.2 Å². The summed E-state index contributed by atoms with van der Waals surface area (Å²) in [6, 6.07) is 14.7. The molecule has 0 aliphatic rings. The molecular formula is C26H29N7O5. The van der Waals surface area contributed by atoms with Crippen LogP contribution in [0.5, 0.6) is 11.5 Å². The molecule has 2 aromatic heterocycles. The topological polar surface area (TPSA) is 182 Å². The maximum absolute atomic E-state index is 12.7. The summed E-state index contributed by atoms with van der Waals surface area (Å²) in [7, 11) is 1.59. The summed E-state index contributed by atoms with van der Waals surface area (Å²) < 4.78 is 12.3. The molecule has 4 aromatic rings. The van der Waals surface area contributed by atoms with Crippen LogP contribution in [0.4, 0.5) is 0 Å². The van der Waals surface area contributed by atoms with Gasteiger partial charge in [-0.3, -0.25) is 15.2 Å². The Morgan fingerprint density at radius 1 is 1.16 bits per heavy atom. The van der Waals surface area contributed by atoms with E-state index in [0.717, 1.165) is 22.7 Å². The third-order valence-corrected chi connectivity index (χ3v) is 5.30. The van der Waals surface area contributed by atoms with Gasteiger partial charge in [-0.15, -0.1) is 9.78 Å². The lowest BCUT2D eigenvalue weighted by atomic mass is 9.90. The summed E-state index contributed by atoms with van der Waals surface area (Å²) >= 11 is 0. The first-order valence-corrected chi connectivity index (χ1v) is 11.6. The van der Waals surface area contributed by atoms with Crippen molar-refractivity contribution in [3.05, 3.63) is 93.9 Å². The number of amidine groups is 1. The molecule has 0 aliphatic carbocycles. The lowest BCUT2D eigenvalue weighted by Gasteiger charge is -2.18. The highest BCUT2D eigenvalue weighted by Crippen LogP contribution is 2.34. The van der Waals surface area contributed by atoms with Crippen LogP contribution in [0.25, 0.3) is 5.95 Å². The van der Waals surface area contributed by atoms with Crippen LogP contribution in [-0.4, -0.2) is 55.4 Å². The molecule has 5 N–H and O–H groups in total. The Morgan fingerprint density at radius 2 is 1.82 bits per heavy atom. The molecule has 0 amide bonds. The summed E-state index contributed by atoms with van der Waals surface area (Å²) in [5.41, 5.74) is 7.66. The van der Waals surface area contributed by atoms with Crippen molar-refractivity contribution >= 4 is 11.8 Å². The molecule has 0 aliphatic heterocycles. The second-order valence-corrected chi connectivity index (χ2v) is 8.01. The molecule has 2 heterocycles. The zero-order valence-electron chi connectivity index (χ0n) is 21.2. The number of aromatic amines is 1. The molecule has 0 saturated carbocycles. The maximum Gasteiger partial charge on any atom is 0.350 e. The number of aliphatic carboxylic acids is 1. The zero-order chi connectivity index (χ0) is 27.7. The number of aromatic nitrogens is 5. The molecule has 1 atom stereocenters. The number of nitrogens with zero attached hydrogens (tertiary/aromatic N) is 4. The van der Waals surface area contributed by atoms with Gasteiger partial charge in [-0.1, -0.05) is 30.3 Å². The number of carboxylic acid groups (broad SMARTS) is 1. The van der Waals surface area contributed by atoms with Gasteiger partial charge in [0.05, 0.1) is 13.7 Å². The van der Waals surface area contributed by atoms with Gasteiger partial charge < -0.3 is 20.3 Å². The number of ether oxygens (including phenoxy) is 2. The minimum absolute atomic E-state index is 0.00513. The third-order valence-electron chi connectivity index (χ3n) is 5.30. The molecule has 12 nitrogen and oxygen atoms in total. The number of nitrogen functional groups attached to an aromatic ring is 1. The Labute approximate surface area is 218 Å². The third kappa shape index (κ3) is 7.03. The quantitative estimate of drug-likeness (QED) is 0.191. The monoisotopic (exact) mass is 519 g/mol. The number of nitrogens with one attached hydrogen (secondary N) is 2. The van der Waals surface area contributed by atoms with Gasteiger partial charge in [0.1, 0.15) is 11.7 Å². The normalized spacial score (nSPS) is 11.1. The highest BCUT2D eigenvalue weighted by atomic mass is 16.5. The van der Waals surface area contributed by atoms with Gasteiger partial charge in [-0.2, -0.15) is 0 Å². The highest BCUT2D eigenvalue weighted by Gasteiger charge is 2.23. The lowest BCUT2D eigenvalue weighted by Crippen LogP contribution is -2.18. The van der Waals surface area contributed by atoms with E-state index in [1.54, 1.807) is 37.7 Å². The van der Waals surface area contributed by atoms with E-state index >= 15 is 0 Å². The number of carboxylic acids is 1. The Kier molecular flexibility index (Phi) is 9.30. The average molecular weight is 520 g/mol. The highest BCUT2D eigenvalue weighted by molar-refractivity contribution is 5.94. The van der Waals surface area contributed by atoms with Crippen molar-refractivity contribution in [3.8, 4) is 17.4 Å². The van der Waals surface area contributed by atoms with Crippen LogP contribution in [-0.2, 0) is 11.2 Å². The largest absolute Gasteiger partial charge is 0.493 e. The molecular weight excluding hydrogens is 490 g/mol. The Hall–Kier alpha value is -5.00. The second kappa shape index (κ2) is 12.8. The van der Waals surface area contributed by atoms with Crippen LogP contribution in [0.3, 0.4) is 0 Å². The Balaban J connectivity index is 0.000000934. The van der Waals surface area contributed by atoms with Crippen molar-refractivity contribution in [3.63, 3.8) is 0 Å². The van der Waals surface area contributed by atoms with E-state index in [4.69, 9.17) is 30.5 Å². The average Bonchev–Trinajstić information content (AvgIpc) is 3.29. The fraction of sp³-hybridized carbons (Fsp3) is 0.231. The van der Waals surface area contributed by atoms with Gasteiger partial charge in [-0.05, 0) is 42.7 Å². The van der Waals surface area contributed by atoms with Crippen molar-refractivity contribution in [1.82, 2.24) is 24.7 Å². The number of rotatable bonds is 9. The maximum atomic E-state index is 12.7. The molecule has 0 saturated heterocycles. The molecule has 4 rings (SSSR count). The first kappa shape index (κ1) is 27.6. The molecule has 1 unspecified atom stereocenters. The van der Waals surface area contributed by atoms with E-state index in [0.29, 0.717) is 35.9 Å². The molecule has 2 aromatic carbocycles. The van der Waals surface area contributed by atoms with Crippen LogP contribution in [0, 0.1) is 5.41 Å². The first-order chi connectivity index (χ1) is 18.2. The van der Waals surface area contributed by atoms with Crippen LogP contribution >= 0.6 is 0 Å². The molecule has 38 heavy (non-hydrogen) atoms. The fourth-order valence-electron chi connectivity index (χ4n) is 3.64. The summed E-state index contributed by atoms with van der Waals surface area (Å²) in [6.45, 7) is 3.47. The number of H-pyrrole nitrogens is 1. The predicted octanol–water partition coefficient (Wildman–Crippen LogP) is 2.51. The summed E-state index contributed by atoms with van der Waals surface area (Å²) in [4.78, 5) is 32.8. The van der Waals surface area contributed by atoms with Gasteiger partial charge in [0.2, 0.25) is 0 Å². The van der Waals surface area contributed by atoms with Crippen LogP contribution < -0.4 is 20.9 Å². The summed E-state index contributed by atoms with van der Waals surface area (Å²) in [5.74, 6) is 0.723. The number of hydrogen-bond acceptors (Lipinski definition) is 8. The molecule has 0 bridgehead atoms. The molecule has 0 spiro atoms. The van der Waals surface area contributed by atoms with Gasteiger partial charge in [-0.25, -0.2) is 14.8 Å². The lowest BCUT2D eigenvalue weighted by molar-refractivity contribution is -0.134. The number of nitrogens with two attached hydrogens (primary N) is 1. The smallest absolute Gasteiger partial charge is 0.350 e. The molecule has 12 heteroatoms. The summed E-state index contributed by atoms with van der Waals surface area (Å²) in [6.07, 6.45) is 3.63. The number of carbonyl (C=O) groups is 1. The van der Waals surface area contributed by atoms with E-state index in [9.17, 15) is 4.79 Å². The number of benzene rings is 2. The molecule has 198 valence electrons. The SMILES string of the molecule is CC(=O)O.CCOc1cc(C(Cc2ccc(C(=N)N)cc2)c2nn(-c3ncccn3)c(=O)[nH]2)ccc1OC. The van der Waals surface area contributed by atoms with E-state index < -0.39 is 11.7 Å². The van der Waals surface area contributed by atoms with Crippen molar-refractivity contribution in [2.75, 3.05) is 13.7 Å². The van der Waals surface area contributed by atoms with Crippen molar-refractivity contribution in [2.24, 2.45) is 5.73 Å². The number of methoxy groups -OCH3 is 1. The Morgan fingerprint density at radius 3 is 2.39 bits per heavy atom. The van der Waals surface area contributed by atoms with Crippen LogP contribution in [0.15, 0.2) is 65.7 Å². The van der Waals surface area contributed by atoms with Crippen LogP contribution in [0.2, 0.25) is 0 Å². The second-order valence-electron chi connectivity index (χ2n) is 8.01.